The zero-order chi connectivity index (χ0) is 13.1. The normalized spacial score (nSPS) is 11.6. The van der Waals surface area contributed by atoms with Crippen molar-refractivity contribution in [3.8, 4) is 0 Å². The number of rotatable bonds is 5. The van der Waals surface area contributed by atoms with Crippen molar-refractivity contribution >= 4 is 21.6 Å². The first-order valence-electron chi connectivity index (χ1n) is 5.70. The molecule has 1 aromatic rings. The molecule has 0 aliphatic heterocycles. The van der Waals surface area contributed by atoms with E-state index in [2.05, 4.69) is 38.3 Å². The van der Waals surface area contributed by atoms with Crippen LogP contribution in [0.1, 0.15) is 19.4 Å². The Kier molecular flexibility index (Phi) is 4.98. The molecule has 1 aromatic carbocycles. The Hall–Kier alpha value is -0.580. The van der Waals surface area contributed by atoms with E-state index in [0.717, 1.165) is 16.7 Å². The van der Waals surface area contributed by atoms with Gasteiger partial charge >= 0.3 is 0 Å². The van der Waals surface area contributed by atoms with Gasteiger partial charge in [-0.25, -0.2) is 0 Å². The molecule has 17 heavy (non-hydrogen) atoms. The van der Waals surface area contributed by atoms with Crippen molar-refractivity contribution in [2.45, 2.75) is 26.0 Å². The number of nitrogens with one attached hydrogen (secondary N) is 1. The third-order valence-electron chi connectivity index (χ3n) is 2.45. The molecule has 0 saturated carbocycles. The molecule has 2 N–H and O–H groups in total. The van der Waals surface area contributed by atoms with Crippen LogP contribution in [0.25, 0.3) is 0 Å². The van der Waals surface area contributed by atoms with Crippen LogP contribution in [0.3, 0.4) is 0 Å². The highest BCUT2D eigenvalue weighted by atomic mass is 79.9. The SMILES string of the molecule is CNCc1ccc(Br)cc1N(C)CC(C)(C)O. The standard InChI is InChI=1S/C13H21BrN2O/c1-13(2,17)9-16(4)12-7-11(14)6-5-10(12)8-15-3/h5-7,15,17H,8-9H2,1-4H3. The summed E-state index contributed by atoms with van der Waals surface area (Å²) in [6, 6.07) is 6.21. The lowest BCUT2D eigenvalue weighted by molar-refractivity contribution is 0.0886. The third kappa shape index (κ3) is 4.66. The minimum absolute atomic E-state index is 0.597. The van der Waals surface area contributed by atoms with Gasteiger partial charge in [0, 0.05) is 30.3 Å². The molecular formula is C13H21BrN2O. The minimum atomic E-state index is -0.700. The number of anilines is 1. The first kappa shape index (κ1) is 14.5. The van der Waals surface area contributed by atoms with Gasteiger partial charge in [-0.3, -0.25) is 0 Å². The number of nitrogens with zero attached hydrogens (tertiary/aromatic N) is 1. The predicted molar refractivity (Wildman–Crippen MR) is 76.5 cm³/mol. The highest BCUT2D eigenvalue weighted by molar-refractivity contribution is 9.10. The first-order valence-corrected chi connectivity index (χ1v) is 6.49. The molecule has 0 saturated heterocycles. The lowest BCUT2D eigenvalue weighted by atomic mass is 10.1. The molecule has 0 aromatic heterocycles. The molecule has 0 unspecified atom stereocenters. The maximum Gasteiger partial charge on any atom is 0.0765 e. The molecule has 0 fully saturated rings. The fraction of sp³-hybridized carbons (Fsp3) is 0.538. The van der Waals surface area contributed by atoms with Crippen molar-refractivity contribution in [2.75, 3.05) is 25.5 Å². The molecule has 0 heterocycles. The molecule has 0 aliphatic carbocycles. The van der Waals surface area contributed by atoms with Crippen molar-refractivity contribution in [1.82, 2.24) is 5.32 Å². The van der Waals surface area contributed by atoms with Crippen LogP contribution in [-0.4, -0.2) is 31.3 Å². The van der Waals surface area contributed by atoms with E-state index >= 15 is 0 Å². The molecule has 0 amide bonds. The highest BCUT2D eigenvalue weighted by Crippen LogP contribution is 2.25. The van der Waals surface area contributed by atoms with Crippen LogP contribution in [0.5, 0.6) is 0 Å². The second-order valence-electron chi connectivity index (χ2n) is 4.97. The van der Waals surface area contributed by atoms with Crippen LogP contribution >= 0.6 is 15.9 Å². The number of halogens is 1. The van der Waals surface area contributed by atoms with Crippen molar-refractivity contribution in [3.05, 3.63) is 28.2 Å². The van der Waals surface area contributed by atoms with Crippen LogP contribution in [-0.2, 0) is 6.54 Å². The van der Waals surface area contributed by atoms with Gasteiger partial charge < -0.3 is 15.3 Å². The van der Waals surface area contributed by atoms with Gasteiger partial charge in [0.2, 0.25) is 0 Å². The summed E-state index contributed by atoms with van der Waals surface area (Å²) in [7, 11) is 3.93. The number of likely N-dealkylation sites (N-methyl/N-ethyl adjacent to an activating group) is 1. The minimum Gasteiger partial charge on any atom is -0.389 e. The van der Waals surface area contributed by atoms with Gasteiger partial charge in [-0.1, -0.05) is 22.0 Å². The van der Waals surface area contributed by atoms with Crippen molar-refractivity contribution in [3.63, 3.8) is 0 Å². The average Bonchev–Trinajstić information content (AvgIpc) is 2.18. The Bertz CT molecular complexity index is 374. The molecule has 0 spiro atoms. The molecule has 96 valence electrons. The van der Waals surface area contributed by atoms with Gasteiger partial charge in [-0.05, 0) is 38.6 Å². The van der Waals surface area contributed by atoms with E-state index in [9.17, 15) is 5.11 Å². The Morgan fingerprint density at radius 3 is 2.59 bits per heavy atom. The van der Waals surface area contributed by atoms with E-state index in [1.54, 1.807) is 0 Å². The molecule has 0 atom stereocenters. The largest absolute Gasteiger partial charge is 0.389 e. The molecule has 4 heteroatoms. The summed E-state index contributed by atoms with van der Waals surface area (Å²) < 4.78 is 1.05. The maximum absolute atomic E-state index is 9.87. The third-order valence-corrected chi connectivity index (χ3v) is 2.94. The van der Waals surface area contributed by atoms with Gasteiger partial charge in [0.05, 0.1) is 5.60 Å². The van der Waals surface area contributed by atoms with Gasteiger partial charge in [-0.2, -0.15) is 0 Å². The zero-order valence-electron chi connectivity index (χ0n) is 10.9. The van der Waals surface area contributed by atoms with Crippen LogP contribution in [0.2, 0.25) is 0 Å². The fourth-order valence-electron chi connectivity index (χ4n) is 1.90. The Balaban J connectivity index is 2.97. The highest BCUT2D eigenvalue weighted by Gasteiger charge is 2.17. The molecule has 3 nitrogen and oxygen atoms in total. The van der Waals surface area contributed by atoms with Crippen molar-refractivity contribution < 1.29 is 5.11 Å². The molecule has 0 radical (unpaired) electrons. The van der Waals surface area contributed by atoms with Gasteiger partial charge in [0.1, 0.15) is 0 Å². The zero-order valence-corrected chi connectivity index (χ0v) is 12.5. The number of aliphatic hydroxyl groups is 1. The second kappa shape index (κ2) is 5.85. The summed E-state index contributed by atoms with van der Waals surface area (Å²) in [5, 5.41) is 13.0. The number of hydrogen-bond donors (Lipinski definition) is 2. The predicted octanol–water partition coefficient (Wildman–Crippen LogP) is 2.38. The number of benzene rings is 1. The van der Waals surface area contributed by atoms with Gasteiger partial charge in [-0.15, -0.1) is 0 Å². The molecule has 1 rings (SSSR count). The van der Waals surface area contributed by atoms with Crippen molar-refractivity contribution in [1.29, 1.82) is 0 Å². The maximum atomic E-state index is 9.87. The second-order valence-corrected chi connectivity index (χ2v) is 5.89. The molecule has 0 bridgehead atoms. The van der Waals surface area contributed by atoms with Gasteiger partial charge in [0.25, 0.3) is 0 Å². The summed E-state index contributed by atoms with van der Waals surface area (Å²) in [5.74, 6) is 0. The number of hydrogen-bond acceptors (Lipinski definition) is 3. The summed E-state index contributed by atoms with van der Waals surface area (Å²) in [6.07, 6.45) is 0. The molecule has 0 aliphatic rings. The summed E-state index contributed by atoms with van der Waals surface area (Å²) in [4.78, 5) is 2.08. The Labute approximate surface area is 112 Å². The van der Waals surface area contributed by atoms with E-state index in [0.29, 0.717) is 6.54 Å². The van der Waals surface area contributed by atoms with E-state index in [1.165, 1.54) is 5.56 Å². The topological polar surface area (TPSA) is 35.5 Å². The molecular weight excluding hydrogens is 280 g/mol. The van der Waals surface area contributed by atoms with Crippen LogP contribution in [0, 0.1) is 0 Å². The van der Waals surface area contributed by atoms with Crippen LogP contribution in [0.15, 0.2) is 22.7 Å². The van der Waals surface area contributed by atoms with E-state index in [-0.39, 0.29) is 0 Å². The van der Waals surface area contributed by atoms with E-state index in [4.69, 9.17) is 0 Å². The van der Waals surface area contributed by atoms with Crippen LogP contribution < -0.4 is 10.2 Å². The quantitative estimate of drug-likeness (QED) is 0.876. The summed E-state index contributed by atoms with van der Waals surface area (Å²) in [6.45, 7) is 5.05. The summed E-state index contributed by atoms with van der Waals surface area (Å²) in [5.41, 5.74) is 1.66. The van der Waals surface area contributed by atoms with Crippen LogP contribution in [0.4, 0.5) is 5.69 Å². The monoisotopic (exact) mass is 300 g/mol. The lowest BCUT2D eigenvalue weighted by Crippen LogP contribution is -2.36. The summed E-state index contributed by atoms with van der Waals surface area (Å²) >= 11 is 3.49. The van der Waals surface area contributed by atoms with Gasteiger partial charge in [0.15, 0.2) is 0 Å². The lowest BCUT2D eigenvalue weighted by Gasteiger charge is -2.29. The first-order chi connectivity index (χ1) is 7.83. The average molecular weight is 301 g/mol. The smallest absolute Gasteiger partial charge is 0.0765 e. The fourth-order valence-corrected chi connectivity index (χ4v) is 2.25. The van der Waals surface area contributed by atoms with Crippen molar-refractivity contribution in [2.24, 2.45) is 0 Å². The Morgan fingerprint density at radius 1 is 1.41 bits per heavy atom. The Morgan fingerprint density at radius 2 is 2.06 bits per heavy atom. The van der Waals surface area contributed by atoms with E-state index < -0.39 is 5.60 Å². The van der Waals surface area contributed by atoms with E-state index in [1.807, 2.05) is 34.0 Å².